The molecule has 0 amide bonds. The summed E-state index contributed by atoms with van der Waals surface area (Å²) in [5, 5.41) is 13.6. The second kappa shape index (κ2) is 10.3. The van der Waals surface area contributed by atoms with Gasteiger partial charge in [0.25, 0.3) is 5.09 Å². The average Bonchev–Trinajstić information content (AvgIpc) is 1.19. The maximum atomic E-state index is 8.74. The van der Waals surface area contributed by atoms with Crippen LogP contribution in [0.1, 0.15) is 0 Å². The molecule has 3 N–H and O–H groups in total. The van der Waals surface area contributed by atoms with Crippen LogP contribution in [0.5, 0.6) is 0 Å². The van der Waals surface area contributed by atoms with Crippen molar-refractivity contribution in [3.05, 3.63) is 10.1 Å². The van der Waals surface area contributed by atoms with Gasteiger partial charge in [-0.15, -0.1) is 10.1 Å². The molecule has 0 aromatic carbocycles. The molecule has 0 spiro atoms. The van der Waals surface area contributed by atoms with Crippen LogP contribution in [0.4, 0.5) is 0 Å². The fourth-order valence-corrected chi connectivity index (χ4v) is 0. The summed E-state index contributed by atoms with van der Waals surface area (Å²) in [5.41, 5.74) is 0. The molecule has 0 unspecified atom stereocenters. The van der Waals surface area contributed by atoms with Gasteiger partial charge in [-0.1, -0.05) is 0 Å². The number of rotatable bonds is 0. The van der Waals surface area contributed by atoms with Crippen molar-refractivity contribution in [1.82, 2.24) is 0 Å². The van der Waals surface area contributed by atoms with E-state index in [1.807, 2.05) is 0 Å². The normalized spacial score (nSPS) is 7.45. The smallest absolute Gasteiger partial charge is 0.328 e. The van der Waals surface area contributed by atoms with Crippen LogP contribution < -0.4 is 0 Å². The van der Waals surface area contributed by atoms with Crippen LogP contribution in [0.3, 0.4) is 0 Å². The number of hydrogen-bond acceptors (Lipinski definition) is 4. The van der Waals surface area contributed by atoms with Crippen LogP contribution in [0.15, 0.2) is 0 Å². The average molecular weight is 292 g/mol. The molecule has 0 aromatic rings. The van der Waals surface area contributed by atoms with E-state index >= 15 is 0 Å². The molecular weight excluding hydrogens is 289 g/mol. The first-order chi connectivity index (χ1) is 3.73. The summed E-state index contributed by atoms with van der Waals surface area (Å²) in [6.07, 6.45) is 0. The molecular formula is H3NO7SZn2. The summed E-state index contributed by atoms with van der Waals surface area (Å²) in [6, 6.07) is 0. The van der Waals surface area contributed by atoms with Crippen molar-refractivity contribution in [2.45, 2.75) is 0 Å². The van der Waals surface area contributed by atoms with Crippen molar-refractivity contribution in [3.63, 3.8) is 0 Å². The Morgan fingerprint density at radius 3 is 1.18 bits per heavy atom. The molecule has 0 aromatic heterocycles. The zero-order valence-electron chi connectivity index (χ0n) is 5.24. The predicted molar refractivity (Wildman–Crippen MR) is 23.0 cm³/mol. The first-order valence-electron chi connectivity index (χ1n) is 1.26. The zero-order valence-corrected chi connectivity index (χ0v) is 12.0. The minimum atomic E-state index is -4.67. The Morgan fingerprint density at radius 1 is 1.18 bits per heavy atom. The van der Waals surface area contributed by atoms with Gasteiger partial charge >= 0.3 is 10.4 Å². The van der Waals surface area contributed by atoms with Gasteiger partial charge in [-0.25, -0.2) is 0 Å². The number of hydrogen-bond donors (Lipinski definition) is 3. The standard InChI is InChI=1S/HNO3.H2O4S.2Zn/c2-1(3)4;1-5(2,3)4;;/h(H,2,3,4);(H2,1,2,3,4);;. The molecule has 8 nitrogen and oxygen atoms in total. The van der Waals surface area contributed by atoms with E-state index in [0.717, 1.165) is 0 Å². The molecule has 11 heavy (non-hydrogen) atoms. The van der Waals surface area contributed by atoms with Crippen molar-refractivity contribution >= 4 is 10.4 Å². The molecule has 0 saturated heterocycles. The van der Waals surface area contributed by atoms with E-state index < -0.39 is 15.5 Å². The molecule has 0 aliphatic heterocycles. The molecule has 0 bridgehead atoms. The maximum Gasteiger partial charge on any atom is 0.394 e. The Hall–Kier alpha value is 0.317. The Balaban J connectivity index is -0.0000000383. The topological polar surface area (TPSA) is 138 Å². The van der Waals surface area contributed by atoms with Gasteiger partial charge < -0.3 is 5.21 Å². The van der Waals surface area contributed by atoms with E-state index in [1.54, 1.807) is 0 Å². The van der Waals surface area contributed by atoms with Crippen molar-refractivity contribution < 1.29 is 66.8 Å². The van der Waals surface area contributed by atoms with Crippen LogP contribution in [0, 0.1) is 10.1 Å². The van der Waals surface area contributed by atoms with Gasteiger partial charge in [0.2, 0.25) is 0 Å². The van der Waals surface area contributed by atoms with E-state index in [-0.39, 0.29) is 39.0 Å². The van der Waals surface area contributed by atoms with Gasteiger partial charge in [0, 0.05) is 39.0 Å². The molecule has 0 atom stereocenters. The summed E-state index contributed by atoms with van der Waals surface area (Å²) >= 11 is 0. The van der Waals surface area contributed by atoms with Crippen LogP contribution in [-0.4, -0.2) is 27.8 Å². The van der Waals surface area contributed by atoms with Crippen LogP contribution in [-0.2, 0) is 49.4 Å². The SMILES string of the molecule is O=S(=O)(O)O.O=[N+]([O-])O.[Zn].[Zn]. The molecule has 0 radical (unpaired) electrons. The zero-order chi connectivity index (χ0) is 8.08. The van der Waals surface area contributed by atoms with Crippen LogP contribution >= 0.6 is 0 Å². The van der Waals surface area contributed by atoms with Crippen molar-refractivity contribution in [1.29, 1.82) is 0 Å². The molecule has 0 heterocycles. The minimum Gasteiger partial charge on any atom is -0.328 e. The molecule has 11 heteroatoms. The fraction of sp³-hybridized carbons (Fsp3) is 0. The van der Waals surface area contributed by atoms with Crippen molar-refractivity contribution in [2.75, 3.05) is 0 Å². The second-order valence-electron chi connectivity index (χ2n) is 0.686. The van der Waals surface area contributed by atoms with Crippen LogP contribution in [0.25, 0.3) is 0 Å². The Labute approximate surface area is 87.2 Å². The van der Waals surface area contributed by atoms with Gasteiger partial charge in [0.1, 0.15) is 0 Å². The molecule has 0 aliphatic rings. The van der Waals surface area contributed by atoms with Crippen LogP contribution in [0.2, 0.25) is 0 Å². The summed E-state index contributed by atoms with van der Waals surface area (Å²) in [7, 11) is -4.67. The quantitative estimate of drug-likeness (QED) is 0.225. The minimum absolute atomic E-state index is 0. The second-order valence-corrected chi connectivity index (χ2v) is 1.58. The molecule has 60 valence electrons. The van der Waals surface area contributed by atoms with E-state index in [9.17, 15) is 0 Å². The van der Waals surface area contributed by atoms with Gasteiger partial charge in [-0.3, -0.25) is 9.11 Å². The third-order valence-corrected chi connectivity index (χ3v) is 0. The Kier molecular flexibility index (Phi) is 21.1. The predicted octanol–water partition coefficient (Wildman–Crippen LogP) is -1.01. The Morgan fingerprint density at radius 2 is 1.18 bits per heavy atom. The van der Waals surface area contributed by atoms with Crippen molar-refractivity contribution in [2.24, 2.45) is 0 Å². The van der Waals surface area contributed by atoms with Gasteiger partial charge in [0.05, 0.1) is 0 Å². The monoisotopic (exact) mass is 289 g/mol. The summed E-state index contributed by atoms with van der Waals surface area (Å²) < 4.78 is 31.6. The maximum absolute atomic E-state index is 8.74. The molecule has 0 rings (SSSR count). The Bertz CT molecular complexity index is 159. The first-order valence-corrected chi connectivity index (χ1v) is 2.66. The van der Waals surface area contributed by atoms with Gasteiger partial charge in [-0.2, -0.15) is 8.42 Å². The van der Waals surface area contributed by atoms with E-state index in [4.69, 9.17) is 32.8 Å². The molecule has 0 fully saturated rings. The molecule has 0 aliphatic carbocycles. The molecule has 0 saturated carbocycles. The third kappa shape index (κ3) is 7110. The third-order valence-electron chi connectivity index (χ3n) is 0. The number of nitrogens with zero attached hydrogens (tertiary/aromatic N) is 1. The van der Waals surface area contributed by atoms with E-state index in [0.29, 0.717) is 0 Å². The van der Waals surface area contributed by atoms with Crippen molar-refractivity contribution in [3.8, 4) is 0 Å². The largest absolute Gasteiger partial charge is 0.394 e. The summed E-state index contributed by atoms with van der Waals surface area (Å²) in [6.45, 7) is 0. The van der Waals surface area contributed by atoms with E-state index in [2.05, 4.69) is 0 Å². The summed E-state index contributed by atoms with van der Waals surface area (Å²) in [5.74, 6) is 0. The fourth-order valence-electron chi connectivity index (χ4n) is 0. The van der Waals surface area contributed by atoms with Gasteiger partial charge in [0.15, 0.2) is 0 Å². The first kappa shape index (κ1) is 22.5. The van der Waals surface area contributed by atoms with Gasteiger partial charge in [-0.05, 0) is 0 Å². The van der Waals surface area contributed by atoms with E-state index in [1.165, 1.54) is 0 Å². The summed E-state index contributed by atoms with van der Waals surface area (Å²) in [4.78, 5) is 8.36.